The quantitative estimate of drug-likeness (QED) is 0.802. The summed E-state index contributed by atoms with van der Waals surface area (Å²) in [7, 11) is 0. The Morgan fingerprint density at radius 2 is 1.85 bits per heavy atom. The molecule has 0 fully saturated rings. The highest BCUT2D eigenvalue weighted by molar-refractivity contribution is 7.99. The van der Waals surface area contributed by atoms with Gasteiger partial charge in [0.05, 0.1) is 5.60 Å². The molecule has 0 bridgehead atoms. The minimum absolute atomic E-state index is 0.204. The van der Waals surface area contributed by atoms with Crippen LogP contribution in [-0.2, 0) is 5.60 Å². The Bertz CT molecular complexity index is 256. The van der Waals surface area contributed by atoms with Gasteiger partial charge >= 0.3 is 0 Å². The average molecular weight is 196 g/mol. The zero-order valence-corrected chi connectivity index (χ0v) is 9.14. The fourth-order valence-corrected chi connectivity index (χ4v) is 1.83. The maximum absolute atomic E-state index is 10.2. The Hall–Kier alpha value is -0.470. The summed E-state index contributed by atoms with van der Waals surface area (Å²) >= 11 is 1.68. The number of hydrogen-bond acceptors (Lipinski definition) is 2. The van der Waals surface area contributed by atoms with Gasteiger partial charge in [0.1, 0.15) is 0 Å². The van der Waals surface area contributed by atoms with Gasteiger partial charge in [-0.3, -0.25) is 0 Å². The second kappa shape index (κ2) is 4.16. The fourth-order valence-electron chi connectivity index (χ4n) is 1.24. The van der Waals surface area contributed by atoms with Crippen molar-refractivity contribution >= 4 is 11.8 Å². The topological polar surface area (TPSA) is 20.2 Å². The molecule has 0 aliphatic heterocycles. The summed E-state index contributed by atoms with van der Waals surface area (Å²) in [6.45, 7) is 3.90. The van der Waals surface area contributed by atoms with E-state index in [1.807, 2.05) is 50.4 Å². The molecule has 0 saturated carbocycles. The van der Waals surface area contributed by atoms with Crippen LogP contribution in [0.25, 0.3) is 0 Å². The molecule has 1 nitrogen and oxygen atoms in total. The van der Waals surface area contributed by atoms with Crippen LogP contribution >= 0.6 is 11.8 Å². The summed E-state index contributed by atoms with van der Waals surface area (Å²) in [5.74, 6) is 0. The van der Waals surface area contributed by atoms with E-state index in [1.165, 1.54) is 0 Å². The molecule has 1 aromatic carbocycles. The van der Waals surface area contributed by atoms with Gasteiger partial charge in [-0.05, 0) is 18.7 Å². The predicted octanol–water partition coefficient (Wildman–Crippen LogP) is 2.65. The lowest BCUT2D eigenvalue weighted by atomic mass is 9.93. The van der Waals surface area contributed by atoms with E-state index in [1.54, 1.807) is 11.8 Å². The Morgan fingerprint density at radius 1 is 1.31 bits per heavy atom. The summed E-state index contributed by atoms with van der Waals surface area (Å²) in [5, 5.41) is 10.4. The third-order valence-electron chi connectivity index (χ3n) is 2.50. The summed E-state index contributed by atoms with van der Waals surface area (Å²) in [6, 6.07) is 9.80. The van der Waals surface area contributed by atoms with Crippen molar-refractivity contribution in [3.05, 3.63) is 35.9 Å². The van der Waals surface area contributed by atoms with E-state index in [4.69, 9.17) is 0 Å². The van der Waals surface area contributed by atoms with E-state index in [2.05, 4.69) is 0 Å². The van der Waals surface area contributed by atoms with Gasteiger partial charge in [-0.25, -0.2) is 0 Å². The number of thioether (sulfide) groups is 1. The molecule has 0 aliphatic carbocycles. The predicted molar refractivity (Wildman–Crippen MR) is 59.0 cm³/mol. The van der Waals surface area contributed by atoms with Gasteiger partial charge in [-0.2, -0.15) is 11.8 Å². The highest BCUT2D eigenvalue weighted by Gasteiger charge is 2.29. The molecule has 0 radical (unpaired) electrons. The first-order chi connectivity index (χ1) is 6.09. The molecular formula is C11H16OS. The van der Waals surface area contributed by atoms with Crippen molar-refractivity contribution in [2.75, 3.05) is 6.26 Å². The second-order valence-corrected chi connectivity index (χ2v) is 4.57. The molecule has 0 saturated heterocycles. The van der Waals surface area contributed by atoms with Crippen LogP contribution in [0.3, 0.4) is 0 Å². The number of benzene rings is 1. The number of aliphatic hydroxyl groups is 1. The van der Waals surface area contributed by atoms with Crippen LogP contribution in [0.15, 0.2) is 30.3 Å². The van der Waals surface area contributed by atoms with Crippen LogP contribution in [0.2, 0.25) is 0 Å². The summed E-state index contributed by atoms with van der Waals surface area (Å²) < 4.78 is 0. The van der Waals surface area contributed by atoms with E-state index in [0.717, 1.165) is 5.56 Å². The highest BCUT2D eigenvalue weighted by atomic mass is 32.2. The van der Waals surface area contributed by atoms with Crippen LogP contribution in [0, 0.1) is 0 Å². The Kier molecular flexibility index (Phi) is 3.40. The van der Waals surface area contributed by atoms with E-state index in [-0.39, 0.29) is 5.25 Å². The zero-order valence-electron chi connectivity index (χ0n) is 8.32. The van der Waals surface area contributed by atoms with Gasteiger partial charge in [0.25, 0.3) is 0 Å². The second-order valence-electron chi connectivity index (χ2n) is 3.39. The molecule has 72 valence electrons. The van der Waals surface area contributed by atoms with Crippen LogP contribution in [0.5, 0.6) is 0 Å². The van der Waals surface area contributed by atoms with Crippen LogP contribution in [-0.4, -0.2) is 16.6 Å². The molecule has 0 aliphatic rings. The lowest BCUT2D eigenvalue weighted by Crippen LogP contribution is -2.31. The van der Waals surface area contributed by atoms with Crippen molar-refractivity contribution in [1.29, 1.82) is 0 Å². The van der Waals surface area contributed by atoms with Crippen molar-refractivity contribution in [3.63, 3.8) is 0 Å². The molecule has 0 aromatic heterocycles. The zero-order chi connectivity index (χ0) is 9.90. The standard InChI is InChI=1S/C11H16OS/c1-9(13-3)11(2,12)10-7-5-4-6-8-10/h4-9,12H,1-3H3/t9-,11?/m1/s1. The Labute approximate surface area is 84.2 Å². The molecule has 13 heavy (non-hydrogen) atoms. The largest absolute Gasteiger partial charge is 0.384 e. The highest BCUT2D eigenvalue weighted by Crippen LogP contribution is 2.30. The molecule has 1 unspecified atom stereocenters. The van der Waals surface area contributed by atoms with E-state index in [0.29, 0.717) is 0 Å². The van der Waals surface area contributed by atoms with Crippen molar-refractivity contribution < 1.29 is 5.11 Å². The number of hydrogen-bond donors (Lipinski definition) is 1. The monoisotopic (exact) mass is 196 g/mol. The fraction of sp³-hybridized carbons (Fsp3) is 0.455. The smallest absolute Gasteiger partial charge is 0.0983 e. The molecule has 0 amide bonds. The van der Waals surface area contributed by atoms with Gasteiger partial charge in [0.2, 0.25) is 0 Å². The summed E-state index contributed by atoms with van der Waals surface area (Å²) in [6.07, 6.45) is 2.02. The van der Waals surface area contributed by atoms with Crippen molar-refractivity contribution in [1.82, 2.24) is 0 Å². The van der Waals surface area contributed by atoms with E-state index < -0.39 is 5.60 Å². The normalized spacial score (nSPS) is 17.8. The minimum atomic E-state index is -0.735. The van der Waals surface area contributed by atoms with Gasteiger partial charge in [0, 0.05) is 5.25 Å². The minimum Gasteiger partial charge on any atom is -0.384 e. The van der Waals surface area contributed by atoms with E-state index in [9.17, 15) is 5.11 Å². The van der Waals surface area contributed by atoms with Gasteiger partial charge in [-0.15, -0.1) is 0 Å². The summed E-state index contributed by atoms with van der Waals surface area (Å²) in [4.78, 5) is 0. The SMILES string of the molecule is CS[C@H](C)C(C)(O)c1ccccc1. The first-order valence-corrected chi connectivity index (χ1v) is 5.68. The van der Waals surface area contributed by atoms with Crippen LogP contribution in [0.4, 0.5) is 0 Å². The maximum atomic E-state index is 10.2. The third-order valence-corrected chi connectivity index (χ3v) is 3.67. The number of rotatable bonds is 3. The van der Waals surface area contributed by atoms with Crippen molar-refractivity contribution in [2.24, 2.45) is 0 Å². The lowest BCUT2D eigenvalue weighted by Gasteiger charge is -2.29. The van der Waals surface area contributed by atoms with Crippen LogP contribution in [0.1, 0.15) is 19.4 Å². The molecule has 1 aromatic rings. The molecule has 0 spiro atoms. The van der Waals surface area contributed by atoms with Crippen molar-refractivity contribution in [3.8, 4) is 0 Å². The third kappa shape index (κ3) is 2.26. The Morgan fingerprint density at radius 3 is 2.31 bits per heavy atom. The molecule has 1 N–H and O–H groups in total. The van der Waals surface area contributed by atoms with Crippen molar-refractivity contribution in [2.45, 2.75) is 24.7 Å². The summed E-state index contributed by atoms with van der Waals surface area (Å²) in [5.41, 5.74) is 0.248. The first kappa shape index (κ1) is 10.6. The molecule has 2 heteroatoms. The van der Waals surface area contributed by atoms with Gasteiger partial charge in [0.15, 0.2) is 0 Å². The van der Waals surface area contributed by atoms with Gasteiger partial charge < -0.3 is 5.11 Å². The molecule has 0 heterocycles. The van der Waals surface area contributed by atoms with E-state index >= 15 is 0 Å². The Balaban J connectivity index is 2.93. The maximum Gasteiger partial charge on any atom is 0.0983 e. The van der Waals surface area contributed by atoms with Gasteiger partial charge in [-0.1, -0.05) is 37.3 Å². The molecular weight excluding hydrogens is 180 g/mol. The average Bonchev–Trinajstić information content (AvgIpc) is 2.18. The van der Waals surface area contributed by atoms with Crippen LogP contribution < -0.4 is 0 Å². The molecule has 1 rings (SSSR count). The molecule has 2 atom stereocenters. The lowest BCUT2D eigenvalue weighted by molar-refractivity contribution is 0.0593. The first-order valence-electron chi connectivity index (χ1n) is 4.39.